The van der Waals surface area contributed by atoms with Crippen LogP contribution in [0.4, 0.5) is 0 Å². The highest BCUT2D eigenvalue weighted by Gasteiger charge is 2.25. The van der Waals surface area contributed by atoms with Crippen molar-refractivity contribution in [2.75, 3.05) is 73.9 Å². The lowest BCUT2D eigenvalue weighted by Gasteiger charge is -2.25. The van der Waals surface area contributed by atoms with Crippen LogP contribution in [0, 0.1) is 65.1 Å². The van der Waals surface area contributed by atoms with Crippen molar-refractivity contribution >= 4 is 35.8 Å². The number of hydrogen-bond acceptors (Lipinski definition) is 14. The summed E-state index contributed by atoms with van der Waals surface area (Å²) in [5.74, 6) is 4.57. The molecule has 0 amide bonds. The predicted octanol–water partition coefficient (Wildman–Crippen LogP) is 27.0. The molecule has 662 valence electrons. The molecule has 0 radical (unpaired) electrons. The van der Waals surface area contributed by atoms with Gasteiger partial charge in [0, 0.05) is 44.8 Å². The molecule has 0 N–H and O–H groups in total. The zero-order valence-corrected chi connectivity index (χ0v) is 77.0. The molecule has 0 aromatic heterocycles. The highest BCUT2D eigenvalue weighted by molar-refractivity contribution is 5.73. The molecular formula is C98H188N2O12. The Morgan fingerprint density at radius 3 is 0.946 bits per heavy atom. The van der Waals surface area contributed by atoms with Gasteiger partial charge in [0.05, 0.1) is 51.5 Å². The molecule has 0 bridgehead atoms. The number of rotatable bonds is 83. The summed E-state index contributed by atoms with van der Waals surface area (Å²) in [7, 11) is 6.21. The Morgan fingerprint density at radius 2 is 0.607 bits per heavy atom. The minimum absolute atomic E-state index is 0.0311. The van der Waals surface area contributed by atoms with E-state index in [4.69, 9.17) is 28.4 Å². The van der Waals surface area contributed by atoms with Crippen LogP contribution in [0.15, 0.2) is 0 Å². The molecule has 7 unspecified atom stereocenters. The van der Waals surface area contributed by atoms with E-state index in [9.17, 15) is 28.8 Å². The second kappa shape index (κ2) is 76.4. The van der Waals surface area contributed by atoms with Crippen molar-refractivity contribution in [3.8, 4) is 0 Å². The quantitative estimate of drug-likeness (QED) is 0.0321. The van der Waals surface area contributed by atoms with E-state index < -0.39 is 0 Å². The van der Waals surface area contributed by atoms with Gasteiger partial charge in [0.1, 0.15) is 0 Å². The molecule has 7 atom stereocenters. The topological polar surface area (TPSA) is 164 Å². The summed E-state index contributed by atoms with van der Waals surface area (Å²) in [5.41, 5.74) is 0. The van der Waals surface area contributed by atoms with E-state index in [1.54, 1.807) is 0 Å². The van der Waals surface area contributed by atoms with Gasteiger partial charge in [-0.3, -0.25) is 28.8 Å². The van der Waals surface area contributed by atoms with Crippen LogP contribution >= 0.6 is 0 Å². The lowest BCUT2D eigenvalue weighted by Crippen LogP contribution is -2.28. The molecule has 112 heavy (non-hydrogen) atoms. The normalized spacial score (nSPS) is 13.8. The number of unbranched alkanes of at least 4 members (excludes halogenated alkanes) is 26. The molecule has 14 nitrogen and oxygen atoms in total. The molecule has 0 saturated heterocycles. The summed E-state index contributed by atoms with van der Waals surface area (Å²) in [6.45, 7) is 34.3. The van der Waals surface area contributed by atoms with Crippen molar-refractivity contribution in [3.05, 3.63) is 0 Å². The van der Waals surface area contributed by atoms with Crippen molar-refractivity contribution in [1.29, 1.82) is 0 Å². The lowest BCUT2D eigenvalue weighted by atomic mass is 9.82. The number of esters is 6. The summed E-state index contributed by atoms with van der Waals surface area (Å²) in [4.78, 5) is 82.2. The van der Waals surface area contributed by atoms with Gasteiger partial charge >= 0.3 is 35.8 Å². The fourth-order valence-corrected chi connectivity index (χ4v) is 16.0. The number of ether oxygens (including phenoxy) is 6. The highest BCUT2D eigenvalue weighted by atomic mass is 16.6. The van der Waals surface area contributed by atoms with Crippen molar-refractivity contribution in [2.24, 2.45) is 65.1 Å². The van der Waals surface area contributed by atoms with Gasteiger partial charge in [0.15, 0.2) is 0 Å². The van der Waals surface area contributed by atoms with Gasteiger partial charge in [-0.1, -0.05) is 314 Å². The highest BCUT2D eigenvalue weighted by Crippen LogP contribution is 2.32. The Kier molecular flexibility index (Phi) is 74.2. The third kappa shape index (κ3) is 67.7. The molecule has 0 spiro atoms. The van der Waals surface area contributed by atoms with Crippen LogP contribution in [0.2, 0.25) is 0 Å². The van der Waals surface area contributed by atoms with E-state index in [1.807, 2.05) is 14.1 Å². The molecule has 0 saturated carbocycles. The second-order valence-electron chi connectivity index (χ2n) is 36.8. The van der Waals surface area contributed by atoms with Crippen LogP contribution in [-0.2, 0) is 57.2 Å². The Hall–Kier alpha value is -3.26. The number of carbonyl (C=O) groups is 6. The van der Waals surface area contributed by atoms with E-state index in [0.717, 1.165) is 238 Å². The molecule has 0 aromatic carbocycles. The molecule has 0 aliphatic carbocycles. The van der Waals surface area contributed by atoms with E-state index in [0.29, 0.717) is 125 Å². The van der Waals surface area contributed by atoms with Crippen molar-refractivity contribution in [2.45, 2.75) is 456 Å². The summed E-state index contributed by atoms with van der Waals surface area (Å²) >= 11 is 0. The number of carbonyl (C=O) groups excluding carboxylic acids is 6. The Labute approximate surface area is 693 Å². The van der Waals surface area contributed by atoms with E-state index >= 15 is 0 Å². The van der Waals surface area contributed by atoms with Crippen LogP contribution in [0.5, 0.6) is 0 Å². The number of nitrogens with zero attached hydrogens (tertiary/aromatic N) is 2. The fourth-order valence-electron chi connectivity index (χ4n) is 16.0. The molecular weight excluding hydrogens is 1400 g/mol. The van der Waals surface area contributed by atoms with Gasteiger partial charge in [-0.15, -0.1) is 0 Å². The third-order valence-corrected chi connectivity index (χ3v) is 24.6. The van der Waals surface area contributed by atoms with Gasteiger partial charge in [-0.2, -0.15) is 0 Å². The summed E-state index contributed by atoms with van der Waals surface area (Å²) < 4.78 is 34.9. The zero-order chi connectivity index (χ0) is 83.0. The minimum atomic E-state index is -0.0661. The average molecular weight is 1590 g/mol. The molecule has 0 heterocycles. The van der Waals surface area contributed by atoms with Gasteiger partial charge < -0.3 is 38.2 Å². The third-order valence-electron chi connectivity index (χ3n) is 24.6. The Morgan fingerprint density at radius 1 is 0.286 bits per heavy atom. The smallest absolute Gasteiger partial charge is 0.308 e. The van der Waals surface area contributed by atoms with Crippen LogP contribution < -0.4 is 0 Å². The number of hydrogen-bond donors (Lipinski definition) is 0. The molecule has 0 aliphatic rings. The van der Waals surface area contributed by atoms with E-state index in [-0.39, 0.29) is 47.7 Å². The SMILES string of the molecule is CCCCCC(CCCCC)CCOC(=O)CCCCCCCCC(CCCCCCCCC(=O)OCC(CCC(C)CC(CC)CCC(CCCCC)CCOC(=O)CCCCCCCCC(CCCCCCCCC(=O)OCC(CCC(C)C)C(C)C)C(=O)OCCCN(C)C(C)C)C(C)C)C(=O)OCCCN(C)C. The van der Waals surface area contributed by atoms with Crippen molar-refractivity contribution in [1.82, 2.24) is 9.80 Å². The lowest BCUT2D eigenvalue weighted by molar-refractivity contribution is -0.150. The van der Waals surface area contributed by atoms with Crippen molar-refractivity contribution < 1.29 is 57.2 Å². The molecule has 14 heteroatoms. The Bertz CT molecular complexity index is 2160. The minimum Gasteiger partial charge on any atom is -0.466 e. The van der Waals surface area contributed by atoms with E-state index in [1.165, 1.54) is 109 Å². The first-order chi connectivity index (χ1) is 54.0. The van der Waals surface area contributed by atoms with Gasteiger partial charge in [0.25, 0.3) is 0 Å². The largest absolute Gasteiger partial charge is 0.466 e. The summed E-state index contributed by atoms with van der Waals surface area (Å²) in [5, 5.41) is 0. The van der Waals surface area contributed by atoms with Gasteiger partial charge in [0.2, 0.25) is 0 Å². The van der Waals surface area contributed by atoms with Crippen molar-refractivity contribution in [3.63, 3.8) is 0 Å². The maximum absolute atomic E-state index is 13.4. The molecule has 0 aliphatic heterocycles. The second-order valence-corrected chi connectivity index (χ2v) is 36.8. The summed E-state index contributed by atoms with van der Waals surface area (Å²) in [6, 6.07) is 0.465. The first-order valence-electron chi connectivity index (χ1n) is 48.3. The first kappa shape index (κ1) is 109. The van der Waals surface area contributed by atoms with E-state index in [2.05, 4.69) is 107 Å². The van der Waals surface area contributed by atoms with Crippen LogP contribution in [0.1, 0.15) is 450 Å². The molecule has 0 rings (SSSR count). The van der Waals surface area contributed by atoms with Crippen LogP contribution in [-0.4, -0.2) is 126 Å². The maximum Gasteiger partial charge on any atom is 0.308 e. The monoisotopic (exact) mass is 1590 g/mol. The van der Waals surface area contributed by atoms with Crippen LogP contribution in [0.3, 0.4) is 0 Å². The maximum atomic E-state index is 13.4. The standard InChI is InChI=1S/C98H188N2O12/c1-17-21-40-53-87(54-41-22-18-2)70-76-107-93(101)60-47-36-28-24-32-43-56-89(97(105)109-74-51-72-99(14)15)57-44-34-26-31-39-50-63-96(104)112-80-92(83(9)10)69-65-85(13)78-86(20-4)66-67-88(55-42-23-19-3)71-77-108-94(102)61-48-37-29-25-33-45-58-90(98(106)110-75-52-73-100(16)84(11)12)59-46-35-27-30-38-49-62-95(103)111-79-91(82(7)8)68-64-81(5)6/h81-92H,17-80H2,1-16H3. The molecule has 0 fully saturated rings. The summed E-state index contributed by atoms with van der Waals surface area (Å²) in [6.07, 6.45) is 58.3. The zero-order valence-electron chi connectivity index (χ0n) is 77.0. The van der Waals surface area contributed by atoms with Gasteiger partial charge in [-0.05, 0) is 185 Å². The fraction of sp³-hybridized carbons (Fsp3) is 0.939. The molecule has 0 aromatic rings. The van der Waals surface area contributed by atoms with Gasteiger partial charge in [-0.25, -0.2) is 0 Å². The van der Waals surface area contributed by atoms with Crippen LogP contribution in [0.25, 0.3) is 0 Å². The predicted molar refractivity (Wildman–Crippen MR) is 471 cm³/mol. The average Bonchev–Trinajstić information content (AvgIpc) is 0.933. The first-order valence-corrected chi connectivity index (χ1v) is 48.3. The Balaban J connectivity index is 4.77.